The quantitative estimate of drug-likeness (QED) is 0.397. The molecule has 1 atom stereocenters. The van der Waals surface area contributed by atoms with E-state index in [0.29, 0.717) is 6.54 Å². The fourth-order valence-electron chi connectivity index (χ4n) is 2.20. The molecule has 0 aliphatic carbocycles. The summed E-state index contributed by atoms with van der Waals surface area (Å²) in [5, 5.41) is 6.64. The van der Waals surface area contributed by atoms with E-state index in [-0.39, 0.29) is 47.4 Å². The molecule has 0 aromatic heterocycles. The molecular formula is C15H31IN4O2. The van der Waals surface area contributed by atoms with Crippen LogP contribution in [0.2, 0.25) is 0 Å². The number of ether oxygens (including phenoxy) is 1. The highest BCUT2D eigenvalue weighted by molar-refractivity contribution is 14.0. The van der Waals surface area contributed by atoms with Crippen LogP contribution < -0.4 is 10.6 Å². The van der Waals surface area contributed by atoms with Crippen molar-refractivity contribution in [3.63, 3.8) is 0 Å². The number of amides is 1. The number of carbonyl (C=O) groups excluding carboxylic acids is 1. The number of methoxy groups -OCH3 is 1. The predicted molar refractivity (Wildman–Crippen MR) is 101 cm³/mol. The van der Waals surface area contributed by atoms with E-state index < -0.39 is 0 Å². The average Bonchev–Trinajstić information content (AvgIpc) is 2.90. The van der Waals surface area contributed by atoms with Crippen molar-refractivity contribution in [2.45, 2.75) is 45.8 Å². The highest BCUT2D eigenvalue weighted by Crippen LogP contribution is 2.12. The van der Waals surface area contributed by atoms with Crippen LogP contribution in [0.5, 0.6) is 0 Å². The van der Waals surface area contributed by atoms with Crippen LogP contribution in [0.1, 0.15) is 34.1 Å². The Hall–Kier alpha value is -0.570. The van der Waals surface area contributed by atoms with Crippen LogP contribution in [0.15, 0.2) is 4.99 Å². The molecule has 0 aromatic carbocycles. The number of guanidine groups is 1. The van der Waals surface area contributed by atoms with E-state index in [9.17, 15) is 4.79 Å². The van der Waals surface area contributed by atoms with E-state index in [1.54, 1.807) is 14.2 Å². The van der Waals surface area contributed by atoms with Crippen molar-refractivity contribution in [2.75, 3.05) is 33.8 Å². The molecule has 0 radical (unpaired) electrons. The molecule has 1 heterocycles. The Morgan fingerprint density at radius 1 is 1.45 bits per heavy atom. The first-order chi connectivity index (χ1) is 9.79. The average molecular weight is 426 g/mol. The molecule has 1 saturated heterocycles. The van der Waals surface area contributed by atoms with Crippen molar-refractivity contribution in [3.05, 3.63) is 0 Å². The zero-order chi connectivity index (χ0) is 16.0. The van der Waals surface area contributed by atoms with E-state index in [0.717, 1.165) is 25.5 Å². The second kappa shape index (κ2) is 9.54. The van der Waals surface area contributed by atoms with Crippen molar-refractivity contribution in [1.29, 1.82) is 0 Å². The Labute approximate surface area is 151 Å². The van der Waals surface area contributed by atoms with Crippen LogP contribution in [0, 0.1) is 5.92 Å². The monoisotopic (exact) mass is 426 g/mol. The molecular weight excluding hydrogens is 395 g/mol. The number of carbonyl (C=O) groups is 1. The molecule has 0 aromatic rings. The lowest BCUT2D eigenvalue weighted by molar-refractivity contribution is -0.133. The number of hydrogen-bond donors (Lipinski definition) is 2. The van der Waals surface area contributed by atoms with Crippen molar-refractivity contribution < 1.29 is 9.53 Å². The van der Waals surface area contributed by atoms with Crippen LogP contribution in [0.4, 0.5) is 0 Å². The maximum Gasteiger partial charge on any atom is 0.225 e. The minimum absolute atomic E-state index is 0. The fourth-order valence-corrected chi connectivity index (χ4v) is 2.20. The predicted octanol–water partition coefficient (Wildman–Crippen LogP) is 1.45. The number of hydrogen-bond acceptors (Lipinski definition) is 3. The standard InChI is InChI=1S/C15H30N4O2.HI/c1-11(2)13(20)19-8-7-12(9-19)18-14(16-5)17-10-15(3,4)21-6;/h11-12H,7-10H2,1-6H3,(H2,16,17,18);1H. The molecule has 0 spiro atoms. The first-order valence-corrected chi connectivity index (χ1v) is 7.60. The van der Waals surface area contributed by atoms with Gasteiger partial charge in [0.05, 0.1) is 5.60 Å². The molecule has 0 saturated carbocycles. The summed E-state index contributed by atoms with van der Waals surface area (Å²) in [6.07, 6.45) is 0.951. The molecule has 1 rings (SSSR count). The van der Waals surface area contributed by atoms with Crippen LogP contribution in [0.25, 0.3) is 0 Å². The van der Waals surface area contributed by atoms with E-state index in [1.165, 1.54) is 0 Å². The molecule has 1 aliphatic heterocycles. The number of aliphatic imine (C=N–C) groups is 1. The summed E-state index contributed by atoms with van der Waals surface area (Å²) in [5.74, 6) is 1.04. The summed E-state index contributed by atoms with van der Waals surface area (Å²) in [4.78, 5) is 18.1. The number of rotatable bonds is 5. The second-order valence-corrected chi connectivity index (χ2v) is 6.46. The first-order valence-electron chi connectivity index (χ1n) is 7.60. The number of nitrogens with zero attached hydrogens (tertiary/aromatic N) is 2. The van der Waals surface area contributed by atoms with Gasteiger partial charge in [-0.3, -0.25) is 9.79 Å². The summed E-state index contributed by atoms with van der Waals surface area (Å²) in [7, 11) is 3.45. The summed E-state index contributed by atoms with van der Waals surface area (Å²) >= 11 is 0. The third-order valence-electron chi connectivity index (χ3n) is 3.79. The lowest BCUT2D eigenvalue weighted by Crippen LogP contribution is -2.49. The van der Waals surface area contributed by atoms with Crippen LogP contribution >= 0.6 is 24.0 Å². The van der Waals surface area contributed by atoms with Crippen LogP contribution in [0.3, 0.4) is 0 Å². The van der Waals surface area contributed by atoms with E-state index in [1.807, 2.05) is 32.6 Å². The summed E-state index contributed by atoms with van der Waals surface area (Å²) < 4.78 is 5.38. The highest BCUT2D eigenvalue weighted by Gasteiger charge is 2.28. The second-order valence-electron chi connectivity index (χ2n) is 6.46. The van der Waals surface area contributed by atoms with Crippen molar-refractivity contribution in [3.8, 4) is 0 Å². The van der Waals surface area contributed by atoms with Gasteiger partial charge in [-0.25, -0.2) is 0 Å². The van der Waals surface area contributed by atoms with Gasteiger partial charge in [0.1, 0.15) is 0 Å². The van der Waals surface area contributed by atoms with E-state index >= 15 is 0 Å². The third-order valence-corrected chi connectivity index (χ3v) is 3.79. The molecule has 0 bridgehead atoms. The zero-order valence-electron chi connectivity index (χ0n) is 14.6. The number of likely N-dealkylation sites (tertiary alicyclic amines) is 1. The van der Waals surface area contributed by atoms with Gasteiger partial charge in [-0.05, 0) is 20.3 Å². The number of nitrogens with one attached hydrogen (secondary N) is 2. The van der Waals surface area contributed by atoms with E-state index in [2.05, 4.69) is 15.6 Å². The topological polar surface area (TPSA) is 66.0 Å². The SMILES string of the molecule is CN=C(NCC(C)(C)OC)NC1CCN(C(=O)C(C)C)C1.I. The molecule has 1 amide bonds. The van der Waals surface area contributed by atoms with Gasteiger partial charge in [0, 0.05) is 45.8 Å². The van der Waals surface area contributed by atoms with E-state index in [4.69, 9.17) is 4.74 Å². The summed E-state index contributed by atoms with van der Waals surface area (Å²) in [6.45, 7) is 10.1. The van der Waals surface area contributed by atoms with Gasteiger partial charge in [0.15, 0.2) is 5.96 Å². The summed E-state index contributed by atoms with van der Waals surface area (Å²) in [5.41, 5.74) is -0.243. The third kappa shape index (κ3) is 6.68. The van der Waals surface area contributed by atoms with Crippen molar-refractivity contribution >= 4 is 35.8 Å². The fraction of sp³-hybridized carbons (Fsp3) is 0.867. The van der Waals surface area contributed by atoms with Gasteiger partial charge in [-0.2, -0.15) is 0 Å². The van der Waals surface area contributed by atoms with Crippen molar-refractivity contribution in [1.82, 2.24) is 15.5 Å². The van der Waals surface area contributed by atoms with Gasteiger partial charge >= 0.3 is 0 Å². The zero-order valence-corrected chi connectivity index (χ0v) is 16.9. The van der Waals surface area contributed by atoms with Crippen LogP contribution in [-0.2, 0) is 9.53 Å². The highest BCUT2D eigenvalue weighted by atomic mass is 127. The molecule has 130 valence electrons. The Morgan fingerprint density at radius 3 is 2.59 bits per heavy atom. The van der Waals surface area contributed by atoms with Gasteiger partial charge in [0.2, 0.25) is 5.91 Å². The molecule has 6 nitrogen and oxygen atoms in total. The molecule has 1 unspecified atom stereocenters. The molecule has 2 N–H and O–H groups in total. The van der Waals surface area contributed by atoms with Gasteiger partial charge < -0.3 is 20.3 Å². The Kier molecular flexibility index (Phi) is 9.30. The Bertz CT molecular complexity index is 386. The van der Waals surface area contributed by atoms with Crippen molar-refractivity contribution in [2.24, 2.45) is 10.9 Å². The molecule has 1 fully saturated rings. The molecule has 1 aliphatic rings. The van der Waals surface area contributed by atoms with Gasteiger partial charge in [0.25, 0.3) is 0 Å². The smallest absolute Gasteiger partial charge is 0.225 e. The Morgan fingerprint density at radius 2 is 2.09 bits per heavy atom. The molecule has 22 heavy (non-hydrogen) atoms. The van der Waals surface area contributed by atoms with Gasteiger partial charge in [-0.1, -0.05) is 13.8 Å². The maximum atomic E-state index is 12.0. The minimum atomic E-state index is -0.243. The first kappa shape index (κ1) is 21.4. The minimum Gasteiger partial charge on any atom is -0.377 e. The number of halogens is 1. The maximum absolute atomic E-state index is 12.0. The van der Waals surface area contributed by atoms with Gasteiger partial charge in [-0.15, -0.1) is 24.0 Å². The van der Waals surface area contributed by atoms with Crippen LogP contribution in [-0.4, -0.2) is 62.2 Å². The molecule has 7 heteroatoms. The lowest BCUT2D eigenvalue weighted by atomic mass is 10.1. The normalized spacial score (nSPS) is 19.1. The summed E-state index contributed by atoms with van der Waals surface area (Å²) in [6, 6.07) is 0.254. The largest absolute Gasteiger partial charge is 0.377 e. The lowest BCUT2D eigenvalue weighted by Gasteiger charge is -2.25. The Balaban J connectivity index is 0.00000441.